The summed E-state index contributed by atoms with van der Waals surface area (Å²) in [7, 11) is 0. The topological polar surface area (TPSA) is 26.3 Å². The van der Waals surface area contributed by atoms with Crippen LogP contribution in [0.1, 0.15) is 18.4 Å². The maximum Gasteiger partial charge on any atom is 0.147 e. The van der Waals surface area contributed by atoms with Crippen molar-refractivity contribution in [2.24, 2.45) is 5.92 Å². The first kappa shape index (κ1) is 29.5. The Kier molecular flexibility index (Phi) is 6.89. The molecule has 2 nitrogen and oxygen atoms in total. The fourth-order valence-electron chi connectivity index (χ4n) is 7.94. The highest BCUT2D eigenvalue weighted by molar-refractivity contribution is 6.22. The molecule has 0 N–H and O–H groups in total. The number of hydrogen-bond donors (Lipinski definition) is 0. The standard InChI is InChI=1S/C49H34O2/c1-31-13-11-12-20-40(31)36-22-24-46-42(29-36)44-30-43-41-28-35(32-14-5-2-6-15-32)21-23-45(41)50-48(43)47(49(44)51-46)39-26-37(33-16-7-3-8-17-33)25-38(27-39)34-18-9-4-10-19-34/h2-31,40H,1H3. The van der Waals surface area contributed by atoms with Gasteiger partial charge >= 0.3 is 0 Å². The first-order valence-corrected chi connectivity index (χ1v) is 17.7. The minimum atomic E-state index is 0.312. The molecule has 9 aromatic rings. The van der Waals surface area contributed by atoms with Crippen molar-refractivity contribution in [3.8, 4) is 44.5 Å². The van der Waals surface area contributed by atoms with Crippen LogP contribution in [-0.4, -0.2) is 0 Å². The van der Waals surface area contributed by atoms with Crippen molar-refractivity contribution in [1.82, 2.24) is 0 Å². The number of rotatable bonds is 5. The lowest BCUT2D eigenvalue weighted by molar-refractivity contribution is 0.634. The van der Waals surface area contributed by atoms with Crippen molar-refractivity contribution >= 4 is 43.9 Å². The average molecular weight is 655 g/mol. The predicted octanol–water partition coefficient (Wildman–Crippen LogP) is 14.0. The first-order chi connectivity index (χ1) is 25.2. The fraction of sp³-hybridized carbons (Fsp3) is 0.0612. The number of hydrogen-bond acceptors (Lipinski definition) is 2. The largest absolute Gasteiger partial charge is 0.455 e. The Bertz CT molecular complexity index is 2740. The van der Waals surface area contributed by atoms with Crippen LogP contribution in [0.2, 0.25) is 0 Å². The molecule has 2 atom stereocenters. The molecule has 1 aliphatic rings. The second-order valence-electron chi connectivity index (χ2n) is 13.7. The van der Waals surface area contributed by atoms with E-state index in [1.165, 1.54) is 11.1 Å². The van der Waals surface area contributed by atoms with Crippen molar-refractivity contribution < 1.29 is 8.83 Å². The molecule has 7 aromatic carbocycles. The molecule has 0 saturated heterocycles. The highest BCUT2D eigenvalue weighted by atomic mass is 16.3. The summed E-state index contributed by atoms with van der Waals surface area (Å²) < 4.78 is 13.8. The molecular formula is C49H34O2. The maximum atomic E-state index is 6.90. The van der Waals surface area contributed by atoms with E-state index in [4.69, 9.17) is 8.83 Å². The minimum Gasteiger partial charge on any atom is -0.455 e. The van der Waals surface area contributed by atoms with E-state index in [9.17, 15) is 0 Å². The zero-order valence-electron chi connectivity index (χ0n) is 28.2. The Morgan fingerprint density at radius 1 is 0.392 bits per heavy atom. The van der Waals surface area contributed by atoms with Gasteiger partial charge in [-0.3, -0.25) is 0 Å². The Morgan fingerprint density at radius 3 is 1.49 bits per heavy atom. The molecule has 2 heterocycles. The zero-order chi connectivity index (χ0) is 33.9. The van der Waals surface area contributed by atoms with E-state index in [0.29, 0.717) is 11.8 Å². The molecule has 0 bridgehead atoms. The van der Waals surface area contributed by atoms with Gasteiger partial charge in [0, 0.05) is 27.5 Å². The molecule has 1 aliphatic carbocycles. The second kappa shape index (κ2) is 11.9. The van der Waals surface area contributed by atoms with Gasteiger partial charge in [-0.1, -0.05) is 134 Å². The minimum absolute atomic E-state index is 0.312. The predicted molar refractivity (Wildman–Crippen MR) is 213 cm³/mol. The monoisotopic (exact) mass is 654 g/mol. The van der Waals surface area contributed by atoms with Crippen molar-refractivity contribution in [1.29, 1.82) is 0 Å². The van der Waals surface area contributed by atoms with Gasteiger partial charge in [-0.2, -0.15) is 0 Å². The molecule has 51 heavy (non-hydrogen) atoms. The fourth-order valence-corrected chi connectivity index (χ4v) is 7.94. The molecule has 0 saturated carbocycles. The summed E-state index contributed by atoms with van der Waals surface area (Å²) in [5.41, 5.74) is 13.7. The van der Waals surface area contributed by atoms with Crippen LogP contribution < -0.4 is 0 Å². The van der Waals surface area contributed by atoms with E-state index < -0.39 is 0 Å². The summed E-state index contributed by atoms with van der Waals surface area (Å²) in [6.07, 6.45) is 8.91. The molecule has 0 radical (unpaired) electrons. The first-order valence-electron chi connectivity index (χ1n) is 17.7. The van der Waals surface area contributed by atoms with Crippen LogP contribution in [0.3, 0.4) is 0 Å². The van der Waals surface area contributed by atoms with Crippen LogP contribution in [-0.2, 0) is 0 Å². The smallest absolute Gasteiger partial charge is 0.147 e. The van der Waals surface area contributed by atoms with E-state index in [-0.39, 0.29) is 0 Å². The molecule has 2 aromatic heterocycles. The quantitative estimate of drug-likeness (QED) is 0.185. The summed E-state index contributed by atoms with van der Waals surface area (Å²) in [5, 5.41) is 4.39. The van der Waals surface area contributed by atoms with Gasteiger partial charge in [0.15, 0.2) is 0 Å². The molecular weight excluding hydrogens is 621 g/mol. The van der Waals surface area contributed by atoms with Crippen LogP contribution in [0.15, 0.2) is 185 Å². The summed E-state index contributed by atoms with van der Waals surface area (Å²) in [4.78, 5) is 0. The lowest BCUT2D eigenvalue weighted by Gasteiger charge is -2.20. The van der Waals surface area contributed by atoms with Crippen molar-refractivity contribution in [2.45, 2.75) is 12.8 Å². The van der Waals surface area contributed by atoms with Gasteiger partial charge in [0.1, 0.15) is 22.3 Å². The van der Waals surface area contributed by atoms with Gasteiger partial charge in [-0.05, 0) is 99.0 Å². The summed E-state index contributed by atoms with van der Waals surface area (Å²) in [5.74, 6) is 0.728. The van der Waals surface area contributed by atoms with E-state index in [1.807, 2.05) is 0 Å². The summed E-state index contributed by atoms with van der Waals surface area (Å²) in [6.45, 7) is 2.29. The van der Waals surface area contributed by atoms with E-state index in [0.717, 1.165) is 82.8 Å². The highest BCUT2D eigenvalue weighted by Crippen LogP contribution is 2.47. The number of allylic oxidation sites excluding steroid dienone is 4. The van der Waals surface area contributed by atoms with Gasteiger partial charge in [0.2, 0.25) is 0 Å². The Morgan fingerprint density at radius 2 is 0.902 bits per heavy atom. The third kappa shape index (κ3) is 5.03. The highest BCUT2D eigenvalue weighted by Gasteiger charge is 2.24. The summed E-state index contributed by atoms with van der Waals surface area (Å²) >= 11 is 0. The maximum absolute atomic E-state index is 6.90. The number of benzene rings is 7. The SMILES string of the molecule is CC1C=CC=CC1c1ccc2oc3c(-c4cc(-c5ccccc5)cc(-c5ccccc5)c4)c4oc5ccc(-c6ccccc6)cc5c4cc3c2c1. The van der Waals surface area contributed by atoms with Crippen LogP contribution in [0.4, 0.5) is 0 Å². The van der Waals surface area contributed by atoms with Gasteiger partial charge < -0.3 is 8.83 Å². The molecule has 2 unspecified atom stereocenters. The van der Waals surface area contributed by atoms with Crippen LogP contribution in [0.5, 0.6) is 0 Å². The van der Waals surface area contributed by atoms with Crippen LogP contribution in [0.25, 0.3) is 88.4 Å². The van der Waals surface area contributed by atoms with Crippen molar-refractivity contribution in [2.75, 3.05) is 0 Å². The average Bonchev–Trinajstić information content (AvgIpc) is 3.75. The molecule has 0 aliphatic heterocycles. The Hall–Kier alpha value is -6.38. The summed E-state index contributed by atoms with van der Waals surface area (Å²) in [6, 6.07) is 54.2. The molecule has 0 fully saturated rings. The van der Waals surface area contributed by atoms with Gasteiger partial charge in [0.05, 0.1) is 5.56 Å². The van der Waals surface area contributed by atoms with Gasteiger partial charge in [0.25, 0.3) is 0 Å². The number of fused-ring (bicyclic) bond motifs is 6. The van der Waals surface area contributed by atoms with E-state index in [1.54, 1.807) is 0 Å². The molecule has 10 rings (SSSR count). The Balaban J connectivity index is 1.30. The van der Waals surface area contributed by atoms with Gasteiger partial charge in [-0.15, -0.1) is 0 Å². The van der Waals surface area contributed by atoms with Crippen LogP contribution in [0, 0.1) is 5.92 Å². The van der Waals surface area contributed by atoms with E-state index in [2.05, 4.69) is 183 Å². The lowest BCUT2D eigenvalue weighted by Crippen LogP contribution is -2.06. The zero-order valence-corrected chi connectivity index (χ0v) is 28.2. The van der Waals surface area contributed by atoms with E-state index >= 15 is 0 Å². The molecule has 242 valence electrons. The third-order valence-corrected chi connectivity index (χ3v) is 10.6. The Labute approximate surface area is 296 Å². The molecule has 0 spiro atoms. The molecule has 2 heteroatoms. The number of furan rings is 2. The lowest BCUT2D eigenvalue weighted by atomic mass is 9.84. The van der Waals surface area contributed by atoms with Crippen molar-refractivity contribution in [3.63, 3.8) is 0 Å². The second-order valence-corrected chi connectivity index (χ2v) is 13.7. The molecule has 0 amide bonds. The van der Waals surface area contributed by atoms with Crippen molar-refractivity contribution in [3.05, 3.63) is 182 Å². The van der Waals surface area contributed by atoms with Gasteiger partial charge in [-0.25, -0.2) is 0 Å². The normalized spacial score (nSPS) is 15.8. The third-order valence-electron chi connectivity index (χ3n) is 10.6. The van der Waals surface area contributed by atoms with Crippen LogP contribution >= 0.6 is 0 Å².